The van der Waals surface area contributed by atoms with Crippen LogP contribution in [0.1, 0.15) is 16.7 Å². The molecular weight excluding hydrogens is 393 g/mol. The molecule has 1 N–H and O–H groups in total. The molecule has 1 amide bonds. The van der Waals surface area contributed by atoms with Gasteiger partial charge in [-0.05, 0) is 30.2 Å². The van der Waals surface area contributed by atoms with Crippen LogP contribution in [0.4, 0.5) is 0 Å². The monoisotopic (exact) mass is 413 g/mol. The smallest absolute Gasteiger partial charge is 0.230 e. The molecule has 0 unspecified atom stereocenters. The van der Waals surface area contributed by atoms with Crippen LogP contribution in [0.25, 0.3) is 0 Å². The first-order valence-corrected chi connectivity index (χ1v) is 11.0. The van der Waals surface area contributed by atoms with E-state index in [0.29, 0.717) is 22.3 Å². The van der Waals surface area contributed by atoms with Gasteiger partial charge in [0.1, 0.15) is 0 Å². The van der Waals surface area contributed by atoms with Gasteiger partial charge in [0.05, 0.1) is 5.75 Å². The van der Waals surface area contributed by atoms with E-state index in [1.807, 2.05) is 12.1 Å². The SMILES string of the molecule is Cc1ccc(CSCC(=O)NCCSCc2ccc(Cl)cc2Cl)cc1. The molecule has 25 heavy (non-hydrogen) atoms. The summed E-state index contributed by atoms with van der Waals surface area (Å²) in [5, 5.41) is 4.29. The fraction of sp³-hybridized carbons (Fsp3) is 0.316. The molecule has 0 radical (unpaired) electrons. The van der Waals surface area contributed by atoms with Crippen molar-refractivity contribution in [3.8, 4) is 0 Å². The summed E-state index contributed by atoms with van der Waals surface area (Å²) in [6.07, 6.45) is 0. The zero-order chi connectivity index (χ0) is 18.1. The Morgan fingerprint density at radius 3 is 2.52 bits per heavy atom. The minimum Gasteiger partial charge on any atom is -0.355 e. The molecule has 2 rings (SSSR count). The second-order valence-electron chi connectivity index (χ2n) is 5.62. The maximum Gasteiger partial charge on any atom is 0.230 e. The van der Waals surface area contributed by atoms with Crippen molar-refractivity contribution >= 4 is 52.6 Å². The quantitative estimate of drug-likeness (QED) is 0.543. The number of carbonyl (C=O) groups excluding carboxylic acids is 1. The lowest BCUT2D eigenvalue weighted by molar-refractivity contribution is -0.118. The summed E-state index contributed by atoms with van der Waals surface area (Å²) in [7, 11) is 0. The lowest BCUT2D eigenvalue weighted by Gasteiger charge is -2.07. The summed E-state index contributed by atoms with van der Waals surface area (Å²) in [6, 6.07) is 14.0. The summed E-state index contributed by atoms with van der Waals surface area (Å²) in [4.78, 5) is 11.8. The summed E-state index contributed by atoms with van der Waals surface area (Å²) >= 11 is 15.4. The van der Waals surface area contributed by atoms with Gasteiger partial charge in [0.15, 0.2) is 0 Å². The van der Waals surface area contributed by atoms with Gasteiger partial charge in [-0.1, -0.05) is 59.1 Å². The Kier molecular flexibility index (Phi) is 9.04. The molecule has 0 aliphatic heterocycles. The van der Waals surface area contributed by atoms with E-state index in [1.165, 1.54) is 11.1 Å². The molecule has 0 aliphatic carbocycles. The second kappa shape index (κ2) is 11.0. The van der Waals surface area contributed by atoms with E-state index in [2.05, 4.69) is 36.5 Å². The van der Waals surface area contributed by atoms with E-state index in [4.69, 9.17) is 23.2 Å². The van der Waals surface area contributed by atoms with Crippen LogP contribution in [0.3, 0.4) is 0 Å². The van der Waals surface area contributed by atoms with E-state index in [1.54, 1.807) is 29.6 Å². The number of nitrogens with one attached hydrogen (secondary N) is 1. The number of carbonyl (C=O) groups is 1. The molecular formula is C19H21Cl2NOS2. The highest BCUT2D eigenvalue weighted by molar-refractivity contribution is 7.99. The second-order valence-corrected chi connectivity index (χ2v) is 8.55. The molecule has 0 fully saturated rings. The Morgan fingerprint density at radius 2 is 1.80 bits per heavy atom. The van der Waals surface area contributed by atoms with Crippen molar-refractivity contribution in [3.05, 3.63) is 69.2 Å². The topological polar surface area (TPSA) is 29.1 Å². The van der Waals surface area contributed by atoms with Crippen molar-refractivity contribution in [2.24, 2.45) is 0 Å². The highest BCUT2D eigenvalue weighted by atomic mass is 35.5. The highest BCUT2D eigenvalue weighted by Gasteiger charge is 2.04. The molecule has 0 heterocycles. The molecule has 2 nitrogen and oxygen atoms in total. The van der Waals surface area contributed by atoms with Gasteiger partial charge in [0.2, 0.25) is 5.91 Å². The Labute approximate surface area is 168 Å². The van der Waals surface area contributed by atoms with Gasteiger partial charge < -0.3 is 5.32 Å². The Balaban J connectivity index is 1.55. The summed E-state index contributed by atoms with van der Waals surface area (Å²) in [5.74, 6) is 3.10. The van der Waals surface area contributed by atoms with E-state index >= 15 is 0 Å². The molecule has 0 saturated carbocycles. The van der Waals surface area contributed by atoms with Crippen LogP contribution in [0.2, 0.25) is 10.0 Å². The largest absolute Gasteiger partial charge is 0.355 e. The standard InChI is InChI=1S/C19H21Cl2NOS2/c1-14-2-4-15(5-3-14)11-25-13-19(23)22-8-9-24-12-16-6-7-17(20)10-18(16)21/h2-7,10H,8-9,11-13H2,1H3,(H,22,23). The Bertz CT molecular complexity index is 692. The third-order valence-corrected chi connectivity index (χ3v) is 6.06. The van der Waals surface area contributed by atoms with Gasteiger partial charge in [0, 0.05) is 33.8 Å². The molecule has 0 saturated heterocycles. The number of hydrogen-bond donors (Lipinski definition) is 1. The zero-order valence-corrected chi connectivity index (χ0v) is 17.2. The highest BCUT2D eigenvalue weighted by Crippen LogP contribution is 2.24. The number of aryl methyl sites for hydroxylation is 1. The van der Waals surface area contributed by atoms with Gasteiger partial charge in [-0.25, -0.2) is 0 Å². The fourth-order valence-corrected chi connectivity index (χ4v) is 4.31. The van der Waals surface area contributed by atoms with Crippen molar-refractivity contribution in [2.45, 2.75) is 18.4 Å². The fourth-order valence-electron chi connectivity index (χ4n) is 2.08. The van der Waals surface area contributed by atoms with Crippen LogP contribution >= 0.6 is 46.7 Å². The third-order valence-electron chi connectivity index (χ3n) is 3.46. The van der Waals surface area contributed by atoms with Crippen LogP contribution in [0.15, 0.2) is 42.5 Å². The van der Waals surface area contributed by atoms with Crippen molar-refractivity contribution in [1.29, 1.82) is 0 Å². The molecule has 0 bridgehead atoms. The Morgan fingerprint density at radius 1 is 1.04 bits per heavy atom. The minimum atomic E-state index is 0.0854. The van der Waals surface area contributed by atoms with Gasteiger partial charge in [0.25, 0.3) is 0 Å². The average molecular weight is 414 g/mol. The first kappa shape index (κ1) is 20.5. The molecule has 6 heteroatoms. The van der Waals surface area contributed by atoms with Gasteiger partial charge in [-0.2, -0.15) is 11.8 Å². The maximum absolute atomic E-state index is 11.8. The predicted octanol–water partition coefficient (Wildman–Crippen LogP) is 5.58. The maximum atomic E-state index is 11.8. The van der Waals surface area contributed by atoms with Gasteiger partial charge in [-0.15, -0.1) is 11.8 Å². The van der Waals surface area contributed by atoms with Crippen molar-refractivity contribution in [2.75, 3.05) is 18.1 Å². The normalized spacial score (nSPS) is 10.7. The van der Waals surface area contributed by atoms with E-state index in [0.717, 1.165) is 22.8 Å². The van der Waals surface area contributed by atoms with Gasteiger partial charge in [-0.3, -0.25) is 4.79 Å². The van der Waals surface area contributed by atoms with Crippen LogP contribution in [-0.4, -0.2) is 24.0 Å². The number of hydrogen-bond acceptors (Lipinski definition) is 3. The third kappa shape index (κ3) is 7.95. The summed E-state index contributed by atoms with van der Waals surface area (Å²) < 4.78 is 0. The molecule has 134 valence electrons. The first-order valence-electron chi connectivity index (χ1n) is 7.96. The lowest BCUT2D eigenvalue weighted by Crippen LogP contribution is -2.27. The number of benzene rings is 2. The number of thioether (sulfide) groups is 2. The number of amides is 1. The number of rotatable bonds is 9. The van der Waals surface area contributed by atoms with Crippen molar-refractivity contribution < 1.29 is 4.79 Å². The Hall–Kier alpha value is -0.810. The summed E-state index contributed by atoms with van der Waals surface area (Å²) in [5.41, 5.74) is 3.57. The average Bonchev–Trinajstić information content (AvgIpc) is 2.58. The zero-order valence-electron chi connectivity index (χ0n) is 14.1. The van der Waals surface area contributed by atoms with Crippen LogP contribution in [-0.2, 0) is 16.3 Å². The van der Waals surface area contributed by atoms with E-state index in [9.17, 15) is 4.79 Å². The van der Waals surface area contributed by atoms with Gasteiger partial charge >= 0.3 is 0 Å². The predicted molar refractivity (Wildman–Crippen MR) is 113 cm³/mol. The van der Waals surface area contributed by atoms with Crippen LogP contribution < -0.4 is 5.32 Å². The van der Waals surface area contributed by atoms with Crippen molar-refractivity contribution in [3.63, 3.8) is 0 Å². The van der Waals surface area contributed by atoms with Crippen LogP contribution in [0.5, 0.6) is 0 Å². The first-order chi connectivity index (χ1) is 12.0. The molecule has 0 spiro atoms. The summed E-state index contributed by atoms with van der Waals surface area (Å²) in [6.45, 7) is 2.74. The molecule has 0 atom stereocenters. The molecule has 0 aromatic heterocycles. The lowest BCUT2D eigenvalue weighted by atomic mass is 10.2. The van der Waals surface area contributed by atoms with Crippen LogP contribution in [0, 0.1) is 6.92 Å². The molecule has 2 aromatic carbocycles. The molecule has 0 aliphatic rings. The van der Waals surface area contributed by atoms with E-state index < -0.39 is 0 Å². The van der Waals surface area contributed by atoms with Crippen molar-refractivity contribution in [1.82, 2.24) is 5.32 Å². The number of halogens is 2. The van der Waals surface area contributed by atoms with E-state index in [-0.39, 0.29) is 5.91 Å². The minimum absolute atomic E-state index is 0.0854. The molecule has 2 aromatic rings.